The van der Waals surface area contributed by atoms with Gasteiger partial charge in [-0.2, -0.15) is 0 Å². The van der Waals surface area contributed by atoms with Gasteiger partial charge in [0.25, 0.3) is 5.56 Å². The second-order valence-corrected chi connectivity index (χ2v) is 5.22. The van der Waals surface area contributed by atoms with Crippen LogP contribution < -0.4 is 16.6 Å². The molecule has 6 heteroatoms. The van der Waals surface area contributed by atoms with E-state index in [0.717, 1.165) is 25.4 Å². The van der Waals surface area contributed by atoms with E-state index in [2.05, 4.69) is 26.2 Å². The number of unbranched alkanes of at least 4 members (excludes halogenated alkanes) is 1. The standard InChI is InChI=1S/C11H16BrN3O2/c12-9-7-15(11(17)14-10(9)16)6-2-1-5-13-8-3-4-8/h7-8,13H,1-6H2,(H,14,16,17). The summed E-state index contributed by atoms with van der Waals surface area (Å²) in [6, 6.07) is 0.736. The van der Waals surface area contributed by atoms with Crippen molar-refractivity contribution in [1.82, 2.24) is 14.9 Å². The molecule has 1 fully saturated rings. The summed E-state index contributed by atoms with van der Waals surface area (Å²) >= 11 is 3.11. The van der Waals surface area contributed by atoms with Gasteiger partial charge in [-0.15, -0.1) is 0 Å². The van der Waals surface area contributed by atoms with Gasteiger partial charge in [-0.25, -0.2) is 4.79 Å². The van der Waals surface area contributed by atoms with Crippen molar-refractivity contribution in [1.29, 1.82) is 0 Å². The van der Waals surface area contributed by atoms with Crippen LogP contribution in [0.25, 0.3) is 0 Å². The van der Waals surface area contributed by atoms with Crippen molar-refractivity contribution in [2.45, 2.75) is 38.3 Å². The lowest BCUT2D eigenvalue weighted by Crippen LogP contribution is -2.30. The van der Waals surface area contributed by atoms with Crippen molar-refractivity contribution >= 4 is 15.9 Å². The lowest BCUT2D eigenvalue weighted by Gasteiger charge is -2.05. The molecule has 0 atom stereocenters. The van der Waals surface area contributed by atoms with Crippen LogP contribution in [0.5, 0.6) is 0 Å². The largest absolute Gasteiger partial charge is 0.328 e. The molecule has 0 aromatic carbocycles. The van der Waals surface area contributed by atoms with Gasteiger partial charge >= 0.3 is 5.69 Å². The minimum Gasteiger partial charge on any atom is -0.314 e. The monoisotopic (exact) mass is 301 g/mol. The number of nitrogens with zero attached hydrogens (tertiary/aromatic N) is 1. The van der Waals surface area contributed by atoms with E-state index in [1.54, 1.807) is 6.20 Å². The topological polar surface area (TPSA) is 66.9 Å². The van der Waals surface area contributed by atoms with Crippen LogP contribution in [0.4, 0.5) is 0 Å². The van der Waals surface area contributed by atoms with Gasteiger partial charge in [-0.1, -0.05) is 0 Å². The predicted molar refractivity (Wildman–Crippen MR) is 69.3 cm³/mol. The third-order valence-electron chi connectivity index (χ3n) is 2.80. The van der Waals surface area contributed by atoms with Crippen LogP contribution >= 0.6 is 15.9 Å². The van der Waals surface area contributed by atoms with Crippen molar-refractivity contribution < 1.29 is 0 Å². The number of rotatable bonds is 6. The summed E-state index contributed by atoms with van der Waals surface area (Å²) in [5.74, 6) is 0. The molecule has 2 rings (SSSR count). The highest BCUT2D eigenvalue weighted by molar-refractivity contribution is 9.10. The van der Waals surface area contributed by atoms with Crippen LogP contribution in [-0.2, 0) is 6.54 Å². The van der Waals surface area contributed by atoms with Crippen molar-refractivity contribution in [2.24, 2.45) is 0 Å². The molecule has 17 heavy (non-hydrogen) atoms. The SMILES string of the molecule is O=c1[nH]c(=O)n(CCCCNC2CC2)cc1Br. The van der Waals surface area contributed by atoms with Gasteiger partial charge in [0, 0.05) is 18.8 Å². The maximum atomic E-state index is 11.4. The fourth-order valence-electron chi connectivity index (χ4n) is 1.65. The predicted octanol–water partition coefficient (Wildman–Crippen LogP) is 0.831. The Morgan fingerprint density at radius 3 is 2.88 bits per heavy atom. The number of aromatic amines is 1. The van der Waals surface area contributed by atoms with E-state index >= 15 is 0 Å². The molecule has 1 aromatic heterocycles. The second kappa shape index (κ2) is 5.64. The molecular formula is C11H16BrN3O2. The average Bonchev–Trinajstić information content (AvgIpc) is 3.08. The average molecular weight is 302 g/mol. The summed E-state index contributed by atoms with van der Waals surface area (Å²) < 4.78 is 1.93. The van der Waals surface area contributed by atoms with Gasteiger partial charge in [-0.3, -0.25) is 14.3 Å². The molecule has 94 valence electrons. The van der Waals surface area contributed by atoms with E-state index in [1.807, 2.05) is 0 Å². The second-order valence-electron chi connectivity index (χ2n) is 4.37. The Balaban J connectivity index is 1.79. The van der Waals surface area contributed by atoms with Gasteiger partial charge in [-0.05, 0) is 48.2 Å². The highest BCUT2D eigenvalue weighted by Gasteiger charge is 2.19. The number of aryl methyl sites for hydroxylation is 1. The first-order valence-corrected chi connectivity index (χ1v) is 6.69. The van der Waals surface area contributed by atoms with E-state index in [9.17, 15) is 9.59 Å². The molecule has 0 unspecified atom stereocenters. The third-order valence-corrected chi connectivity index (χ3v) is 3.37. The molecule has 0 saturated heterocycles. The van der Waals surface area contributed by atoms with Crippen molar-refractivity contribution in [3.05, 3.63) is 31.5 Å². The molecule has 0 spiro atoms. The Bertz CT molecular complexity index is 490. The zero-order chi connectivity index (χ0) is 12.3. The molecular weight excluding hydrogens is 286 g/mol. The molecule has 1 saturated carbocycles. The first kappa shape index (κ1) is 12.6. The van der Waals surface area contributed by atoms with Gasteiger partial charge in [0.1, 0.15) is 0 Å². The molecule has 0 bridgehead atoms. The lowest BCUT2D eigenvalue weighted by molar-refractivity contribution is 0.549. The fourth-order valence-corrected chi connectivity index (χ4v) is 2.00. The first-order chi connectivity index (χ1) is 8.16. The summed E-state index contributed by atoms with van der Waals surface area (Å²) in [6.45, 7) is 1.64. The van der Waals surface area contributed by atoms with Crippen LogP contribution in [0.3, 0.4) is 0 Å². The van der Waals surface area contributed by atoms with Gasteiger partial charge in [0.15, 0.2) is 0 Å². The smallest absolute Gasteiger partial charge is 0.314 e. The van der Waals surface area contributed by atoms with E-state index in [4.69, 9.17) is 0 Å². The number of H-pyrrole nitrogens is 1. The summed E-state index contributed by atoms with van der Waals surface area (Å²) in [7, 11) is 0. The highest BCUT2D eigenvalue weighted by atomic mass is 79.9. The first-order valence-electron chi connectivity index (χ1n) is 5.89. The molecule has 1 aliphatic rings. The Kier molecular flexibility index (Phi) is 4.17. The summed E-state index contributed by atoms with van der Waals surface area (Å²) in [6.07, 6.45) is 6.12. The maximum absolute atomic E-state index is 11.4. The lowest BCUT2D eigenvalue weighted by atomic mass is 10.3. The van der Waals surface area contributed by atoms with E-state index < -0.39 is 0 Å². The molecule has 1 heterocycles. The highest BCUT2D eigenvalue weighted by Crippen LogP contribution is 2.18. The quantitative estimate of drug-likeness (QED) is 0.765. The Morgan fingerprint density at radius 1 is 1.41 bits per heavy atom. The number of halogens is 1. The summed E-state index contributed by atoms with van der Waals surface area (Å²) in [5, 5.41) is 3.42. The number of hydrogen-bond acceptors (Lipinski definition) is 3. The molecule has 1 aliphatic carbocycles. The number of hydrogen-bond donors (Lipinski definition) is 2. The zero-order valence-corrected chi connectivity index (χ0v) is 11.1. The van der Waals surface area contributed by atoms with E-state index in [0.29, 0.717) is 11.0 Å². The summed E-state index contributed by atoms with van der Waals surface area (Å²) in [5.41, 5.74) is -0.713. The van der Waals surface area contributed by atoms with Gasteiger partial charge in [0.05, 0.1) is 4.47 Å². The van der Waals surface area contributed by atoms with Gasteiger partial charge in [0.2, 0.25) is 0 Å². The van der Waals surface area contributed by atoms with Crippen molar-refractivity contribution in [2.75, 3.05) is 6.54 Å². The molecule has 1 aromatic rings. The van der Waals surface area contributed by atoms with E-state index in [1.165, 1.54) is 17.4 Å². The minimum atomic E-state index is -0.373. The van der Waals surface area contributed by atoms with Crippen molar-refractivity contribution in [3.63, 3.8) is 0 Å². The molecule has 0 amide bonds. The maximum Gasteiger partial charge on any atom is 0.328 e. The normalized spacial score (nSPS) is 15.1. The molecule has 0 radical (unpaired) electrons. The number of aromatic nitrogens is 2. The molecule has 5 nitrogen and oxygen atoms in total. The van der Waals surface area contributed by atoms with Crippen LogP contribution in [0, 0.1) is 0 Å². The van der Waals surface area contributed by atoms with Crippen LogP contribution in [-0.4, -0.2) is 22.1 Å². The Morgan fingerprint density at radius 2 is 2.18 bits per heavy atom. The third kappa shape index (κ3) is 3.81. The molecule has 0 aliphatic heterocycles. The Labute approximate surface area is 107 Å². The fraction of sp³-hybridized carbons (Fsp3) is 0.636. The van der Waals surface area contributed by atoms with Crippen LogP contribution in [0.1, 0.15) is 25.7 Å². The summed E-state index contributed by atoms with van der Waals surface area (Å²) in [4.78, 5) is 24.8. The zero-order valence-electron chi connectivity index (χ0n) is 9.54. The van der Waals surface area contributed by atoms with Crippen molar-refractivity contribution in [3.8, 4) is 0 Å². The minimum absolute atomic E-state index is 0.339. The van der Waals surface area contributed by atoms with Crippen LogP contribution in [0.15, 0.2) is 20.3 Å². The Hall–Kier alpha value is -0.880. The van der Waals surface area contributed by atoms with Crippen LogP contribution in [0.2, 0.25) is 0 Å². The van der Waals surface area contributed by atoms with E-state index in [-0.39, 0.29) is 11.2 Å². The number of nitrogens with one attached hydrogen (secondary N) is 2. The van der Waals surface area contributed by atoms with Gasteiger partial charge < -0.3 is 5.32 Å². The molecule has 2 N–H and O–H groups in total.